The van der Waals surface area contributed by atoms with Crippen LogP contribution < -0.4 is 10.6 Å². The standard InChI is InChI=1S/C42H72N2O33/c1-11(53)44-19-33(74-41-31(65)35(23(57)17(7-50)70-41)76-39-27(61)25(59)20(54)13(3-46)68-39)21(55)14(4-47)67-37(19)75-34-22(56)15(5-48)71-42(29(34)63)77-36-24(58)16(6-49)69-40(30(36)64)73-32-18(8-51)72-38(28(62)26(32)60)66-9-12(2-45)43-10-52/h10,12-42,45-51,54-65H,2-9H2,1H3,(H,43,52)(H,44,53)/t12-,13-,14-,15-,16-,17-,18-,19-,20+,21+,22+,23+,24+,25+,26-,27-,28-,29-,30-,31-,32-,33-,34+,35+,36+,37+,38-,39-,40+,41+,42-/m1/s1. The van der Waals surface area contributed by atoms with E-state index in [1.807, 2.05) is 0 Å². The molecule has 0 aromatic carbocycles. The first-order valence-corrected chi connectivity index (χ1v) is 24.3. The maximum Gasteiger partial charge on any atom is 0.217 e. The fourth-order valence-corrected chi connectivity index (χ4v) is 9.49. The third-order valence-electron chi connectivity index (χ3n) is 13.8. The Morgan fingerprint density at radius 2 is 0.753 bits per heavy atom. The van der Waals surface area contributed by atoms with Gasteiger partial charge < -0.3 is 164 Å². The van der Waals surface area contributed by atoms with Crippen molar-refractivity contribution in [2.45, 2.75) is 197 Å². The van der Waals surface area contributed by atoms with Crippen molar-refractivity contribution in [3.63, 3.8) is 0 Å². The summed E-state index contributed by atoms with van der Waals surface area (Å²) >= 11 is 0. The van der Waals surface area contributed by atoms with E-state index in [2.05, 4.69) is 10.6 Å². The average Bonchev–Trinajstić information content (AvgIpc) is 3.41. The molecular weight excluding hydrogens is 1060 g/mol. The van der Waals surface area contributed by atoms with Gasteiger partial charge in [-0.25, -0.2) is 0 Å². The van der Waals surface area contributed by atoms with E-state index in [-0.39, 0.29) is 6.41 Å². The minimum atomic E-state index is -2.29. The summed E-state index contributed by atoms with van der Waals surface area (Å²) in [5.41, 5.74) is 0. The van der Waals surface area contributed by atoms with E-state index in [9.17, 15) is 107 Å². The summed E-state index contributed by atoms with van der Waals surface area (Å²) in [5, 5.41) is 208. The highest BCUT2D eigenvalue weighted by atomic mass is 16.8. The third-order valence-corrected chi connectivity index (χ3v) is 13.8. The van der Waals surface area contributed by atoms with Crippen LogP contribution in [0.3, 0.4) is 0 Å². The molecule has 0 aliphatic carbocycles. The normalized spacial score (nSPS) is 48.2. The molecule has 6 saturated heterocycles. The van der Waals surface area contributed by atoms with Gasteiger partial charge in [-0.3, -0.25) is 9.59 Å². The summed E-state index contributed by atoms with van der Waals surface area (Å²) in [6.45, 7) is -6.02. The third kappa shape index (κ3) is 14.1. The molecule has 0 saturated carbocycles. The van der Waals surface area contributed by atoms with Crippen LogP contribution in [-0.4, -0.2) is 352 Å². The van der Waals surface area contributed by atoms with Crippen molar-refractivity contribution < 1.29 is 163 Å². The van der Waals surface area contributed by atoms with E-state index < -0.39 is 249 Å². The van der Waals surface area contributed by atoms with Crippen LogP contribution in [0.25, 0.3) is 0 Å². The lowest BCUT2D eigenvalue weighted by Gasteiger charge is -2.50. The Balaban J connectivity index is 1.21. The first-order chi connectivity index (χ1) is 36.6. The van der Waals surface area contributed by atoms with E-state index in [1.54, 1.807) is 0 Å². The van der Waals surface area contributed by atoms with Crippen LogP contribution in [0, 0.1) is 0 Å². The monoisotopic (exact) mass is 1130 g/mol. The highest BCUT2D eigenvalue weighted by Crippen LogP contribution is 2.37. The largest absolute Gasteiger partial charge is 0.394 e. The smallest absolute Gasteiger partial charge is 0.217 e. The molecule has 0 spiro atoms. The van der Waals surface area contributed by atoms with Gasteiger partial charge in [0.15, 0.2) is 37.7 Å². The highest BCUT2D eigenvalue weighted by molar-refractivity contribution is 5.73. The Morgan fingerprint density at radius 3 is 1.16 bits per heavy atom. The number of carbonyl (C=O) groups excluding carboxylic acids is 2. The van der Waals surface area contributed by atoms with Crippen LogP contribution in [0.15, 0.2) is 0 Å². The van der Waals surface area contributed by atoms with E-state index >= 15 is 0 Å². The fourth-order valence-electron chi connectivity index (χ4n) is 9.49. The molecule has 2 amide bonds. The van der Waals surface area contributed by atoms with E-state index in [1.165, 1.54) is 0 Å². The number of aliphatic hydroxyl groups is 19. The fraction of sp³-hybridized carbons (Fsp3) is 0.952. The average molecular weight is 1130 g/mol. The second-order valence-electron chi connectivity index (χ2n) is 19.0. The van der Waals surface area contributed by atoms with Gasteiger partial charge in [0.05, 0.1) is 58.9 Å². The molecule has 77 heavy (non-hydrogen) atoms. The number of carbonyl (C=O) groups is 2. The zero-order valence-electron chi connectivity index (χ0n) is 40.8. The number of amides is 2. The van der Waals surface area contributed by atoms with E-state index in [4.69, 9.17) is 56.8 Å². The Morgan fingerprint density at radius 1 is 0.416 bits per heavy atom. The Kier molecular flexibility index (Phi) is 23.7. The van der Waals surface area contributed by atoms with Crippen LogP contribution in [0.2, 0.25) is 0 Å². The lowest BCUT2D eigenvalue weighted by Crippen LogP contribution is -2.70. The molecule has 6 aliphatic heterocycles. The van der Waals surface area contributed by atoms with E-state index in [0.717, 1.165) is 6.92 Å². The summed E-state index contributed by atoms with van der Waals surface area (Å²) in [6.07, 6.45) is -56.2. The van der Waals surface area contributed by atoms with Gasteiger partial charge >= 0.3 is 0 Å². The predicted molar refractivity (Wildman–Crippen MR) is 235 cm³/mol. The second-order valence-corrected chi connectivity index (χ2v) is 19.0. The molecule has 6 aliphatic rings. The van der Waals surface area contributed by atoms with Crippen molar-refractivity contribution in [2.24, 2.45) is 0 Å². The Labute approximate surface area is 436 Å². The first-order valence-electron chi connectivity index (χ1n) is 24.3. The van der Waals surface area contributed by atoms with Crippen LogP contribution in [0.5, 0.6) is 0 Å². The van der Waals surface area contributed by atoms with Gasteiger partial charge in [0.2, 0.25) is 12.3 Å². The molecule has 0 aromatic rings. The van der Waals surface area contributed by atoms with Crippen molar-refractivity contribution in [1.29, 1.82) is 0 Å². The highest BCUT2D eigenvalue weighted by Gasteiger charge is 2.58. The lowest BCUT2D eigenvalue weighted by atomic mass is 9.94. The number of aliphatic hydroxyl groups excluding tert-OH is 19. The maximum absolute atomic E-state index is 12.8. The van der Waals surface area contributed by atoms with Gasteiger partial charge in [0.1, 0.15) is 146 Å². The van der Waals surface area contributed by atoms with Crippen LogP contribution in [0.1, 0.15) is 6.92 Å². The summed E-state index contributed by atoms with van der Waals surface area (Å²) in [7, 11) is 0. The SMILES string of the molecule is CC(=O)N[C@H]1[C@H](O[C@H]2[C@@H](O)[C@@H](CO)O[C@H](O[C@H]3[C@@H](O)[C@@H](CO)O[C@@H](O[C@H]4[C@H](O)[C@@H](O)[C@H](OC[C@@H](CO)NC=O)O[C@@H]4CO)[C@@H]3O)[C@@H]2O)O[C@H](CO)[C@H](O)[C@@H]1O[C@@H]1O[C@H](CO)[C@H](O)[C@H](O[C@H]2O[C@H](CO)[C@H](O)[C@H](O)[C@H]2O)[C@H]1O. The molecule has 0 aromatic heterocycles. The molecule has 35 nitrogen and oxygen atoms in total. The van der Waals surface area contributed by atoms with Crippen LogP contribution in [-0.2, 0) is 66.4 Å². The van der Waals surface area contributed by atoms with Gasteiger partial charge in [-0.15, -0.1) is 0 Å². The molecule has 0 unspecified atom stereocenters. The molecule has 31 atom stereocenters. The number of hydrogen-bond acceptors (Lipinski definition) is 33. The van der Waals surface area contributed by atoms with Crippen molar-refractivity contribution in [1.82, 2.24) is 10.6 Å². The molecule has 6 rings (SSSR count). The molecule has 0 radical (unpaired) electrons. The summed E-state index contributed by atoms with van der Waals surface area (Å²) in [5.74, 6) is -0.895. The number of rotatable bonds is 23. The Bertz CT molecular complexity index is 1800. The zero-order valence-corrected chi connectivity index (χ0v) is 40.8. The molecule has 21 N–H and O–H groups in total. The topological polar surface area (TPSA) is 553 Å². The van der Waals surface area contributed by atoms with Crippen molar-refractivity contribution in [2.75, 3.05) is 52.9 Å². The number of nitrogens with one attached hydrogen (secondary N) is 2. The Hall–Kier alpha value is -2.30. The predicted octanol–water partition coefficient (Wildman–Crippen LogP) is -14.8. The minimum Gasteiger partial charge on any atom is -0.394 e. The van der Waals surface area contributed by atoms with Gasteiger partial charge in [0, 0.05) is 6.92 Å². The summed E-state index contributed by atoms with van der Waals surface area (Å²) < 4.78 is 68.0. The van der Waals surface area contributed by atoms with Gasteiger partial charge in [-0.1, -0.05) is 0 Å². The molecule has 35 heteroatoms. The quantitative estimate of drug-likeness (QED) is 0.0423. The molecule has 448 valence electrons. The molecular formula is C42H72N2O33. The van der Waals surface area contributed by atoms with Gasteiger partial charge in [-0.05, 0) is 0 Å². The van der Waals surface area contributed by atoms with Crippen LogP contribution in [0.4, 0.5) is 0 Å². The molecule has 6 fully saturated rings. The number of ether oxygens (including phenoxy) is 12. The second kappa shape index (κ2) is 28.6. The summed E-state index contributed by atoms with van der Waals surface area (Å²) in [4.78, 5) is 23.6. The van der Waals surface area contributed by atoms with E-state index in [0.29, 0.717) is 0 Å². The number of hydrogen-bond donors (Lipinski definition) is 21. The van der Waals surface area contributed by atoms with Crippen molar-refractivity contribution in [3.05, 3.63) is 0 Å². The van der Waals surface area contributed by atoms with Gasteiger partial charge in [-0.2, -0.15) is 0 Å². The van der Waals surface area contributed by atoms with Gasteiger partial charge in [0.25, 0.3) is 0 Å². The summed E-state index contributed by atoms with van der Waals surface area (Å²) in [6, 6.07) is -2.80. The zero-order chi connectivity index (χ0) is 56.7. The van der Waals surface area contributed by atoms with Crippen molar-refractivity contribution in [3.8, 4) is 0 Å². The minimum absolute atomic E-state index is 0.272. The van der Waals surface area contributed by atoms with Crippen molar-refractivity contribution >= 4 is 12.3 Å². The first kappa shape index (κ1) is 63.9. The maximum atomic E-state index is 12.8. The molecule has 6 heterocycles. The molecule has 0 bridgehead atoms. The van der Waals surface area contributed by atoms with Crippen LogP contribution >= 0.6 is 0 Å². The lowest BCUT2D eigenvalue weighted by molar-refractivity contribution is -0.392.